The number of hydrogen-bond acceptors (Lipinski definition) is 6. The third kappa shape index (κ3) is 4.48. The van der Waals surface area contributed by atoms with Crippen molar-refractivity contribution in [1.29, 1.82) is 0 Å². The van der Waals surface area contributed by atoms with Crippen molar-refractivity contribution < 1.29 is 13.9 Å². The predicted octanol–water partition coefficient (Wildman–Crippen LogP) is 5.42. The molecule has 0 saturated carbocycles. The summed E-state index contributed by atoms with van der Waals surface area (Å²) in [4.78, 5) is 12.8. The molecule has 0 N–H and O–H groups in total. The average molecular weight is 395 g/mol. The fraction of sp³-hybridized carbons (Fsp3) is 0.118. The van der Waals surface area contributed by atoms with Crippen LogP contribution in [0, 0.1) is 0 Å². The molecule has 0 bridgehead atoms. The first-order valence-electron chi connectivity index (χ1n) is 7.24. The van der Waals surface area contributed by atoms with E-state index in [1.54, 1.807) is 31.2 Å². The van der Waals surface area contributed by atoms with Gasteiger partial charge in [0.15, 0.2) is 6.10 Å². The number of ether oxygens (including phenoxy) is 1. The van der Waals surface area contributed by atoms with Gasteiger partial charge < -0.3 is 9.15 Å². The number of hydrogen-bond donors (Lipinski definition) is 0. The van der Waals surface area contributed by atoms with Gasteiger partial charge in [-0.3, -0.25) is 0 Å². The number of halogens is 2. The Morgan fingerprint density at radius 2 is 2.16 bits per heavy atom. The van der Waals surface area contributed by atoms with Crippen LogP contribution >= 0.6 is 34.5 Å². The van der Waals surface area contributed by atoms with Crippen LogP contribution in [0.4, 0.5) is 0 Å². The minimum Gasteiger partial charge on any atom is -0.449 e. The molecular formula is C17H12Cl2N2O3S. The molecule has 128 valence electrons. The van der Waals surface area contributed by atoms with Gasteiger partial charge in [-0.15, -0.1) is 21.5 Å². The second-order valence-electron chi connectivity index (χ2n) is 5.00. The lowest BCUT2D eigenvalue weighted by atomic mass is 10.2. The summed E-state index contributed by atoms with van der Waals surface area (Å²) < 4.78 is 10.8. The number of esters is 1. The van der Waals surface area contributed by atoms with Gasteiger partial charge in [-0.05, 0) is 42.1 Å². The summed E-state index contributed by atoms with van der Waals surface area (Å²) in [5.74, 6) is 0.0838. The van der Waals surface area contributed by atoms with Crippen LogP contribution < -0.4 is 0 Å². The lowest BCUT2D eigenvalue weighted by Crippen LogP contribution is -2.06. The van der Waals surface area contributed by atoms with E-state index >= 15 is 0 Å². The second kappa shape index (κ2) is 7.82. The van der Waals surface area contributed by atoms with Crippen molar-refractivity contribution in [3.63, 3.8) is 0 Å². The molecule has 0 saturated heterocycles. The maximum atomic E-state index is 11.9. The van der Waals surface area contributed by atoms with Crippen LogP contribution in [0.3, 0.4) is 0 Å². The lowest BCUT2D eigenvalue weighted by molar-refractivity contribution is -0.143. The summed E-state index contributed by atoms with van der Waals surface area (Å²) >= 11 is 13.4. The Morgan fingerprint density at radius 3 is 2.88 bits per heavy atom. The molecule has 0 aliphatic rings. The Labute approximate surface area is 157 Å². The van der Waals surface area contributed by atoms with E-state index < -0.39 is 12.1 Å². The van der Waals surface area contributed by atoms with Crippen LogP contribution in [-0.2, 0) is 9.53 Å². The van der Waals surface area contributed by atoms with Crippen LogP contribution in [0.2, 0.25) is 10.0 Å². The van der Waals surface area contributed by atoms with E-state index in [2.05, 4.69) is 10.2 Å². The number of benzene rings is 1. The van der Waals surface area contributed by atoms with Crippen molar-refractivity contribution in [1.82, 2.24) is 10.2 Å². The normalized spacial score (nSPS) is 12.4. The van der Waals surface area contributed by atoms with Crippen LogP contribution in [-0.4, -0.2) is 16.2 Å². The molecule has 1 aromatic carbocycles. The highest BCUT2D eigenvalue weighted by molar-refractivity contribution is 7.13. The van der Waals surface area contributed by atoms with Gasteiger partial charge in [0.25, 0.3) is 11.8 Å². The third-order valence-electron chi connectivity index (χ3n) is 3.17. The Bertz CT molecular complexity index is 907. The van der Waals surface area contributed by atoms with Crippen molar-refractivity contribution in [2.75, 3.05) is 0 Å². The fourth-order valence-electron chi connectivity index (χ4n) is 1.96. The van der Waals surface area contributed by atoms with E-state index in [9.17, 15) is 4.79 Å². The van der Waals surface area contributed by atoms with E-state index in [0.29, 0.717) is 21.5 Å². The minimum atomic E-state index is -0.668. The highest BCUT2D eigenvalue weighted by Gasteiger charge is 2.18. The molecule has 25 heavy (non-hydrogen) atoms. The highest BCUT2D eigenvalue weighted by Crippen LogP contribution is 2.26. The summed E-state index contributed by atoms with van der Waals surface area (Å²) in [5.41, 5.74) is 0.661. The molecule has 3 aromatic rings. The molecule has 1 atom stereocenters. The molecule has 3 rings (SSSR count). The maximum absolute atomic E-state index is 11.9. The van der Waals surface area contributed by atoms with E-state index in [1.165, 1.54) is 17.4 Å². The standard InChI is InChI=1S/C17H12Cl2N2O3S/c1-10(16-20-21-17(24-16)14-3-2-8-25-14)23-15(22)7-5-11-4-6-12(18)9-13(11)19/h2-10H,1H3/b7-5+/t10-/m1/s1. The molecule has 0 spiro atoms. The van der Waals surface area contributed by atoms with Gasteiger partial charge in [-0.1, -0.05) is 35.3 Å². The van der Waals surface area contributed by atoms with E-state index in [-0.39, 0.29) is 5.89 Å². The first-order chi connectivity index (χ1) is 12.0. The summed E-state index contributed by atoms with van der Waals surface area (Å²) in [6.45, 7) is 1.66. The number of nitrogens with zero attached hydrogens (tertiary/aromatic N) is 2. The Morgan fingerprint density at radius 1 is 1.32 bits per heavy atom. The SMILES string of the molecule is C[C@@H](OC(=O)/C=C/c1ccc(Cl)cc1Cl)c1nnc(-c2cccs2)o1. The smallest absolute Gasteiger partial charge is 0.331 e. The topological polar surface area (TPSA) is 65.2 Å². The first kappa shape index (κ1) is 17.7. The molecule has 5 nitrogen and oxygen atoms in total. The van der Waals surface area contributed by atoms with Crippen LogP contribution in [0.1, 0.15) is 24.5 Å². The van der Waals surface area contributed by atoms with Crippen LogP contribution in [0.15, 0.2) is 46.2 Å². The molecule has 2 aromatic heterocycles. The van der Waals surface area contributed by atoms with Crippen LogP contribution in [0.25, 0.3) is 16.8 Å². The van der Waals surface area contributed by atoms with Gasteiger partial charge in [0, 0.05) is 16.1 Å². The summed E-state index contributed by atoms with van der Waals surface area (Å²) in [7, 11) is 0. The Kier molecular flexibility index (Phi) is 5.53. The summed E-state index contributed by atoms with van der Waals surface area (Å²) in [6, 6.07) is 8.76. The summed E-state index contributed by atoms with van der Waals surface area (Å²) in [6.07, 6.45) is 2.17. The zero-order valence-electron chi connectivity index (χ0n) is 13.0. The van der Waals surface area contributed by atoms with Crippen molar-refractivity contribution in [2.45, 2.75) is 13.0 Å². The van der Waals surface area contributed by atoms with Gasteiger partial charge in [0.05, 0.1) is 4.88 Å². The third-order valence-corrected chi connectivity index (χ3v) is 4.60. The van der Waals surface area contributed by atoms with Crippen LogP contribution in [0.5, 0.6) is 0 Å². The molecule has 8 heteroatoms. The molecule has 0 radical (unpaired) electrons. The highest BCUT2D eigenvalue weighted by atomic mass is 35.5. The largest absolute Gasteiger partial charge is 0.449 e. The molecule has 0 amide bonds. The average Bonchev–Trinajstić information content (AvgIpc) is 3.25. The number of carbonyl (C=O) groups excluding carboxylic acids is 1. The van der Waals surface area contributed by atoms with Gasteiger partial charge in [0.1, 0.15) is 0 Å². The van der Waals surface area contributed by atoms with Crippen molar-refractivity contribution in [2.24, 2.45) is 0 Å². The molecule has 0 aliphatic heterocycles. The molecule has 0 fully saturated rings. The minimum absolute atomic E-state index is 0.231. The quantitative estimate of drug-likeness (QED) is 0.426. The van der Waals surface area contributed by atoms with Gasteiger partial charge in [-0.2, -0.15) is 0 Å². The van der Waals surface area contributed by atoms with Crippen molar-refractivity contribution in [3.05, 3.63) is 63.3 Å². The molecule has 0 aliphatic carbocycles. The number of rotatable bonds is 5. The molecule has 2 heterocycles. The van der Waals surface area contributed by atoms with Gasteiger partial charge in [-0.25, -0.2) is 4.79 Å². The van der Waals surface area contributed by atoms with Gasteiger partial charge >= 0.3 is 5.97 Å². The monoisotopic (exact) mass is 394 g/mol. The van der Waals surface area contributed by atoms with Crippen molar-refractivity contribution >= 4 is 46.6 Å². The molecule has 0 unspecified atom stereocenters. The number of thiophene rings is 1. The second-order valence-corrected chi connectivity index (χ2v) is 6.79. The first-order valence-corrected chi connectivity index (χ1v) is 8.87. The fourth-order valence-corrected chi connectivity index (χ4v) is 3.07. The van der Waals surface area contributed by atoms with E-state index in [1.807, 2.05) is 17.5 Å². The summed E-state index contributed by atoms with van der Waals surface area (Å²) in [5, 5.41) is 10.8. The maximum Gasteiger partial charge on any atom is 0.331 e. The molecular weight excluding hydrogens is 383 g/mol. The number of aromatic nitrogens is 2. The zero-order chi connectivity index (χ0) is 17.8. The van der Waals surface area contributed by atoms with E-state index in [0.717, 1.165) is 4.88 Å². The zero-order valence-corrected chi connectivity index (χ0v) is 15.3. The Balaban J connectivity index is 1.63. The van der Waals surface area contributed by atoms with E-state index in [4.69, 9.17) is 32.4 Å². The van der Waals surface area contributed by atoms with Gasteiger partial charge in [0.2, 0.25) is 0 Å². The predicted molar refractivity (Wildman–Crippen MR) is 97.6 cm³/mol. The number of carbonyl (C=O) groups is 1. The lowest BCUT2D eigenvalue weighted by Gasteiger charge is -2.06. The Hall–Kier alpha value is -2.15. The van der Waals surface area contributed by atoms with Crippen molar-refractivity contribution in [3.8, 4) is 10.8 Å².